The van der Waals surface area contributed by atoms with E-state index >= 15 is 0 Å². The van der Waals surface area contributed by atoms with Crippen molar-refractivity contribution in [2.24, 2.45) is 0 Å². The summed E-state index contributed by atoms with van der Waals surface area (Å²) in [6, 6.07) is 5.26. The Kier molecular flexibility index (Phi) is 4.83. The summed E-state index contributed by atoms with van der Waals surface area (Å²) in [6.07, 6.45) is 1.50. The fourth-order valence-electron chi connectivity index (χ4n) is 2.58. The van der Waals surface area contributed by atoms with Gasteiger partial charge in [0.15, 0.2) is 0 Å². The first-order valence-corrected chi connectivity index (χ1v) is 7.21. The number of hydrogen-bond donors (Lipinski definition) is 1. The zero-order valence-electron chi connectivity index (χ0n) is 12.5. The molecule has 114 valence electrons. The molecule has 5 nitrogen and oxygen atoms in total. The van der Waals surface area contributed by atoms with E-state index in [1.807, 2.05) is 32.0 Å². The van der Waals surface area contributed by atoms with Gasteiger partial charge in [-0.1, -0.05) is 12.1 Å². The summed E-state index contributed by atoms with van der Waals surface area (Å²) in [7, 11) is 0. The molecule has 21 heavy (non-hydrogen) atoms. The van der Waals surface area contributed by atoms with Gasteiger partial charge in [-0.25, -0.2) is 4.79 Å². The van der Waals surface area contributed by atoms with Gasteiger partial charge in [-0.3, -0.25) is 4.79 Å². The number of likely N-dealkylation sites (tertiary alicyclic amines) is 1. The van der Waals surface area contributed by atoms with Gasteiger partial charge in [0.05, 0.1) is 13.0 Å². The number of nitrogens with zero attached hydrogens (tertiary/aromatic N) is 1. The van der Waals surface area contributed by atoms with E-state index in [1.54, 1.807) is 0 Å². The van der Waals surface area contributed by atoms with Crippen molar-refractivity contribution in [2.75, 3.05) is 13.2 Å². The molecule has 1 aliphatic rings. The maximum absolute atomic E-state index is 12.1. The minimum Gasteiger partial charge on any atom is -0.493 e. The predicted molar refractivity (Wildman–Crippen MR) is 78.4 cm³/mol. The topological polar surface area (TPSA) is 66.8 Å². The lowest BCUT2D eigenvalue weighted by Crippen LogP contribution is -2.40. The van der Waals surface area contributed by atoms with Gasteiger partial charge in [0, 0.05) is 6.54 Å². The lowest BCUT2D eigenvalue weighted by atomic mass is 10.1. The first-order valence-electron chi connectivity index (χ1n) is 7.21. The third-order valence-corrected chi connectivity index (χ3v) is 3.78. The second-order valence-corrected chi connectivity index (χ2v) is 5.45. The molecule has 0 saturated carbocycles. The number of carboxylic acids is 1. The van der Waals surface area contributed by atoms with E-state index < -0.39 is 12.0 Å². The standard InChI is InChI=1S/C16H21NO4/c1-11-5-6-12(2)14(10-11)21-9-7-15(18)17-8-3-4-13(17)16(19)20/h5-6,10,13H,3-4,7-9H2,1-2H3,(H,19,20)/t13-/m1/s1. The van der Waals surface area contributed by atoms with Crippen LogP contribution >= 0.6 is 0 Å². The predicted octanol–water partition coefficient (Wildman–Crippen LogP) is 2.15. The largest absolute Gasteiger partial charge is 0.493 e. The molecule has 1 heterocycles. The summed E-state index contributed by atoms with van der Waals surface area (Å²) in [5, 5.41) is 9.08. The van der Waals surface area contributed by atoms with Crippen LogP contribution in [0, 0.1) is 13.8 Å². The van der Waals surface area contributed by atoms with Gasteiger partial charge in [0.25, 0.3) is 0 Å². The van der Waals surface area contributed by atoms with E-state index in [2.05, 4.69) is 0 Å². The van der Waals surface area contributed by atoms with E-state index in [0.29, 0.717) is 13.0 Å². The number of aliphatic carboxylic acids is 1. The van der Waals surface area contributed by atoms with Crippen molar-refractivity contribution in [3.63, 3.8) is 0 Å². The highest BCUT2D eigenvalue weighted by Crippen LogP contribution is 2.21. The first-order chi connectivity index (χ1) is 9.99. The average Bonchev–Trinajstić information content (AvgIpc) is 2.92. The zero-order chi connectivity index (χ0) is 15.4. The summed E-state index contributed by atoms with van der Waals surface area (Å²) < 4.78 is 5.65. The Labute approximate surface area is 124 Å². The first kappa shape index (κ1) is 15.4. The van der Waals surface area contributed by atoms with Gasteiger partial charge < -0.3 is 14.7 Å². The number of carbonyl (C=O) groups is 2. The van der Waals surface area contributed by atoms with Crippen molar-refractivity contribution < 1.29 is 19.4 Å². The lowest BCUT2D eigenvalue weighted by molar-refractivity contribution is -0.148. The molecule has 0 spiro atoms. The van der Waals surface area contributed by atoms with Gasteiger partial charge in [-0.15, -0.1) is 0 Å². The third-order valence-electron chi connectivity index (χ3n) is 3.78. The van der Waals surface area contributed by atoms with Crippen molar-refractivity contribution in [3.05, 3.63) is 29.3 Å². The zero-order valence-corrected chi connectivity index (χ0v) is 12.5. The number of carboxylic acid groups (broad SMARTS) is 1. The molecule has 0 unspecified atom stereocenters. The van der Waals surface area contributed by atoms with Gasteiger partial charge in [0.1, 0.15) is 11.8 Å². The molecule has 1 aromatic carbocycles. The van der Waals surface area contributed by atoms with Crippen LogP contribution in [0.1, 0.15) is 30.4 Å². The van der Waals surface area contributed by atoms with Crippen LogP contribution in [0.5, 0.6) is 5.75 Å². The highest BCUT2D eigenvalue weighted by molar-refractivity contribution is 5.84. The van der Waals surface area contributed by atoms with Crippen LogP contribution < -0.4 is 4.74 Å². The maximum atomic E-state index is 12.1. The van der Waals surface area contributed by atoms with Crippen LogP contribution in [-0.4, -0.2) is 41.1 Å². The normalized spacial score (nSPS) is 17.8. The van der Waals surface area contributed by atoms with Crippen molar-refractivity contribution in [1.82, 2.24) is 4.90 Å². The SMILES string of the molecule is Cc1ccc(C)c(OCCC(=O)N2CCC[C@@H]2C(=O)O)c1. The van der Waals surface area contributed by atoms with Crippen molar-refractivity contribution in [3.8, 4) is 5.75 Å². The number of ether oxygens (including phenoxy) is 1. The fraction of sp³-hybridized carbons (Fsp3) is 0.500. The number of benzene rings is 1. The Hall–Kier alpha value is -2.04. The van der Waals surface area contributed by atoms with Crippen molar-refractivity contribution in [1.29, 1.82) is 0 Å². The third kappa shape index (κ3) is 3.74. The monoisotopic (exact) mass is 291 g/mol. The van der Waals surface area contributed by atoms with Crippen molar-refractivity contribution >= 4 is 11.9 Å². The molecule has 1 atom stereocenters. The Balaban J connectivity index is 1.87. The van der Waals surface area contributed by atoms with E-state index in [-0.39, 0.29) is 18.9 Å². The van der Waals surface area contributed by atoms with Crippen LogP contribution in [0.3, 0.4) is 0 Å². The molecule has 1 aliphatic heterocycles. The second-order valence-electron chi connectivity index (χ2n) is 5.45. The van der Waals surface area contributed by atoms with Crippen LogP contribution in [0.25, 0.3) is 0 Å². The van der Waals surface area contributed by atoms with Gasteiger partial charge >= 0.3 is 5.97 Å². The molecule has 1 amide bonds. The summed E-state index contributed by atoms with van der Waals surface area (Å²) in [5.74, 6) is -0.291. The summed E-state index contributed by atoms with van der Waals surface area (Å²) in [4.78, 5) is 24.6. The van der Waals surface area contributed by atoms with Gasteiger partial charge in [0.2, 0.25) is 5.91 Å². The van der Waals surface area contributed by atoms with Gasteiger partial charge in [-0.2, -0.15) is 0 Å². The summed E-state index contributed by atoms with van der Waals surface area (Å²) >= 11 is 0. The Morgan fingerprint density at radius 3 is 2.86 bits per heavy atom. The average molecular weight is 291 g/mol. The molecule has 1 aromatic rings. The minimum absolute atomic E-state index is 0.148. The number of hydrogen-bond acceptors (Lipinski definition) is 3. The van der Waals surface area contributed by atoms with Gasteiger partial charge in [-0.05, 0) is 43.9 Å². The van der Waals surface area contributed by atoms with E-state index in [4.69, 9.17) is 9.84 Å². The Morgan fingerprint density at radius 2 is 2.14 bits per heavy atom. The van der Waals surface area contributed by atoms with E-state index in [9.17, 15) is 9.59 Å². The molecule has 1 N–H and O–H groups in total. The number of rotatable bonds is 5. The highest BCUT2D eigenvalue weighted by Gasteiger charge is 2.33. The van der Waals surface area contributed by atoms with Crippen molar-refractivity contribution in [2.45, 2.75) is 39.2 Å². The molecular formula is C16H21NO4. The Morgan fingerprint density at radius 1 is 1.38 bits per heavy atom. The maximum Gasteiger partial charge on any atom is 0.326 e. The molecule has 0 aromatic heterocycles. The molecule has 5 heteroatoms. The fourth-order valence-corrected chi connectivity index (χ4v) is 2.58. The lowest BCUT2D eigenvalue weighted by Gasteiger charge is -2.21. The molecule has 0 aliphatic carbocycles. The molecular weight excluding hydrogens is 270 g/mol. The smallest absolute Gasteiger partial charge is 0.326 e. The quantitative estimate of drug-likeness (QED) is 0.902. The molecule has 2 rings (SSSR count). The summed E-state index contributed by atoms with van der Waals surface area (Å²) in [5.41, 5.74) is 2.13. The highest BCUT2D eigenvalue weighted by atomic mass is 16.5. The minimum atomic E-state index is -0.920. The number of carbonyl (C=O) groups excluding carboxylic acids is 1. The van der Waals surface area contributed by atoms with Crippen LogP contribution in [0.2, 0.25) is 0 Å². The number of aryl methyl sites for hydroxylation is 2. The summed E-state index contributed by atoms with van der Waals surface area (Å²) in [6.45, 7) is 4.74. The van der Waals surface area contributed by atoms with E-state index in [0.717, 1.165) is 23.3 Å². The van der Waals surface area contributed by atoms with Crippen LogP contribution in [0.4, 0.5) is 0 Å². The Bertz CT molecular complexity index is 541. The molecule has 1 saturated heterocycles. The van der Waals surface area contributed by atoms with Crippen LogP contribution in [0.15, 0.2) is 18.2 Å². The van der Waals surface area contributed by atoms with E-state index in [1.165, 1.54) is 4.90 Å². The number of amides is 1. The second kappa shape index (κ2) is 6.61. The molecule has 0 bridgehead atoms. The van der Waals surface area contributed by atoms with Crippen LogP contribution in [-0.2, 0) is 9.59 Å². The molecule has 1 fully saturated rings. The molecule has 0 radical (unpaired) electrons.